The summed E-state index contributed by atoms with van der Waals surface area (Å²) in [6.07, 6.45) is 17.0. The van der Waals surface area contributed by atoms with Gasteiger partial charge in [-0.3, -0.25) is 4.79 Å². The van der Waals surface area contributed by atoms with Crippen molar-refractivity contribution in [3.05, 3.63) is 0 Å². The molecule has 0 aliphatic heterocycles. The molecule has 2 nitrogen and oxygen atoms in total. The molecule has 0 radical (unpaired) electrons. The van der Waals surface area contributed by atoms with Gasteiger partial charge in [-0.05, 0) is 19.3 Å². The average molecular weight is 318 g/mol. The Labute approximate surface area is 137 Å². The van der Waals surface area contributed by atoms with Crippen LogP contribution in [0.5, 0.6) is 0 Å². The second-order valence-electron chi connectivity index (χ2n) is 6.03. The predicted octanol–water partition coefficient (Wildman–Crippen LogP) is 5.82. The fraction of sp³-hybridized carbons (Fsp3) is 0.944. The number of hydrogen-bond acceptors (Lipinski definition) is 1. The molecule has 0 spiro atoms. The zero-order chi connectivity index (χ0) is 15.6. The molecule has 0 saturated heterocycles. The lowest BCUT2D eigenvalue weighted by atomic mass is 10.1. The molecular weight excluding hydrogens is 282 g/mol. The van der Waals surface area contributed by atoms with E-state index < -0.39 is 0 Å². The molecule has 0 unspecified atom stereocenters. The molecule has 0 heterocycles. The highest BCUT2D eigenvalue weighted by atomic mass is 35.5. The monoisotopic (exact) mass is 317 g/mol. The maximum absolute atomic E-state index is 11.6. The Morgan fingerprint density at radius 3 is 1.90 bits per heavy atom. The lowest BCUT2D eigenvalue weighted by Gasteiger charge is -2.05. The molecule has 0 fully saturated rings. The molecule has 0 aliphatic rings. The highest BCUT2D eigenvalue weighted by molar-refractivity contribution is 6.17. The highest BCUT2D eigenvalue weighted by Crippen LogP contribution is 2.10. The summed E-state index contributed by atoms with van der Waals surface area (Å²) in [6.45, 7) is 3.09. The van der Waals surface area contributed by atoms with E-state index in [9.17, 15) is 4.79 Å². The summed E-state index contributed by atoms with van der Waals surface area (Å²) in [6, 6.07) is 0. The van der Waals surface area contributed by atoms with Crippen LogP contribution in [0.15, 0.2) is 0 Å². The Kier molecular flexibility index (Phi) is 17.6. The molecule has 0 rings (SSSR count). The summed E-state index contributed by atoms with van der Waals surface area (Å²) in [5.41, 5.74) is 0. The van der Waals surface area contributed by atoms with Crippen molar-refractivity contribution >= 4 is 17.5 Å². The van der Waals surface area contributed by atoms with Crippen LogP contribution < -0.4 is 5.32 Å². The molecule has 0 aromatic rings. The first-order chi connectivity index (χ1) is 10.3. The normalized spacial score (nSPS) is 10.8. The molecular formula is C18H36ClNO. The van der Waals surface area contributed by atoms with E-state index in [1.54, 1.807) is 0 Å². The zero-order valence-corrected chi connectivity index (χ0v) is 14.9. The fourth-order valence-electron chi connectivity index (χ4n) is 2.49. The van der Waals surface area contributed by atoms with Gasteiger partial charge in [0.05, 0.1) is 0 Å². The summed E-state index contributed by atoms with van der Waals surface area (Å²) in [7, 11) is 0. The molecule has 126 valence electrons. The molecule has 1 amide bonds. The summed E-state index contributed by atoms with van der Waals surface area (Å²) < 4.78 is 0. The molecule has 21 heavy (non-hydrogen) atoms. The van der Waals surface area contributed by atoms with Gasteiger partial charge in [0, 0.05) is 18.8 Å². The Bertz CT molecular complexity index is 221. The maximum atomic E-state index is 11.6. The number of hydrogen-bond donors (Lipinski definition) is 1. The summed E-state index contributed by atoms with van der Waals surface area (Å²) in [5.74, 6) is 0.987. The van der Waals surface area contributed by atoms with Gasteiger partial charge in [-0.15, -0.1) is 11.6 Å². The van der Waals surface area contributed by atoms with Gasteiger partial charge in [-0.2, -0.15) is 0 Å². The van der Waals surface area contributed by atoms with E-state index in [-0.39, 0.29) is 5.91 Å². The molecule has 0 saturated carbocycles. The Morgan fingerprint density at radius 1 is 0.762 bits per heavy atom. The van der Waals surface area contributed by atoms with Crippen LogP contribution in [-0.4, -0.2) is 18.3 Å². The van der Waals surface area contributed by atoms with Crippen LogP contribution in [0.25, 0.3) is 0 Å². The number of carbonyl (C=O) groups excluding carboxylic acids is 1. The number of alkyl halides is 1. The number of rotatable bonds is 16. The van der Waals surface area contributed by atoms with Crippen molar-refractivity contribution in [2.24, 2.45) is 0 Å². The van der Waals surface area contributed by atoms with E-state index in [0.717, 1.165) is 31.7 Å². The van der Waals surface area contributed by atoms with Gasteiger partial charge in [0.25, 0.3) is 0 Å². The Balaban J connectivity index is 3.12. The van der Waals surface area contributed by atoms with E-state index in [4.69, 9.17) is 11.6 Å². The van der Waals surface area contributed by atoms with Crippen molar-refractivity contribution in [3.63, 3.8) is 0 Å². The van der Waals surface area contributed by atoms with E-state index in [2.05, 4.69) is 12.2 Å². The number of halogens is 1. The molecule has 0 bridgehead atoms. The number of amides is 1. The number of carbonyl (C=O) groups is 1. The second-order valence-corrected chi connectivity index (χ2v) is 6.41. The predicted molar refractivity (Wildman–Crippen MR) is 94.0 cm³/mol. The smallest absolute Gasteiger partial charge is 0.219 e. The van der Waals surface area contributed by atoms with Crippen molar-refractivity contribution in [2.75, 3.05) is 12.4 Å². The minimum atomic E-state index is 0.232. The number of unbranched alkanes of at least 4 members (excludes halogenated alkanes) is 11. The van der Waals surface area contributed by atoms with Crippen LogP contribution in [0.4, 0.5) is 0 Å². The van der Waals surface area contributed by atoms with Gasteiger partial charge in [0.15, 0.2) is 0 Å². The molecule has 3 heteroatoms. The van der Waals surface area contributed by atoms with Crippen molar-refractivity contribution < 1.29 is 4.79 Å². The van der Waals surface area contributed by atoms with Gasteiger partial charge in [0.1, 0.15) is 0 Å². The third kappa shape index (κ3) is 17.7. The Hall–Kier alpha value is -0.240. The molecule has 0 aliphatic carbocycles. The third-order valence-corrected chi connectivity index (χ3v) is 4.16. The first-order valence-corrected chi connectivity index (χ1v) is 9.67. The van der Waals surface area contributed by atoms with E-state index in [0.29, 0.717) is 6.42 Å². The Morgan fingerprint density at radius 2 is 1.29 bits per heavy atom. The maximum Gasteiger partial charge on any atom is 0.219 e. The SMILES string of the molecule is CCCCCCCCCCCC(=O)NCCCCCCCl. The van der Waals surface area contributed by atoms with Crippen LogP contribution in [-0.2, 0) is 4.79 Å². The van der Waals surface area contributed by atoms with Crippen molar-refractivity contribution in [2.45, 2.75) is 96.8 Å². The second kappa shape index (κ2) is 17.8. The fourth-order valence-corrected chi connectivity index (χ4v) is 2.67. The van der Waals surface area contributed by atoms with Crippen molar-refractivity contribution in [1.29, 1.82) is 0 Å². The topological polar surface area (TPSA) is 29.1 Å². The summed E-state index contributed by atoms with van der Waals surface area (Å²) in [4.78, 5) is 11.6. The van der Waals surface area contributed by atoms with Gasteiger partial charge < -0.3 is 5.32 Å². The highest BCUT2D eigenvalue weighted by Gasteiger charge is 2.00. The quantitative estimate of drug-likeness (QED) is 0.282. The molecule has 0 atom stereocenters. The first kappa shape index (κ1) is 20.8. The summed E-state index contributed by atoms with van der Waals surface area (Å²) >= 11 is 5.62. The minimum Gasteiger partial charge on any atom is -0.356 e. The molecule has 1 N–H and O–H groups in total. The van der Waals surface area contributed by atoms with Gasteiger partial charge >= 0.3 is 0 Å². The van der Waals surface area contributed by atoms with Crippen LogP contribution >= 0.6 is 11.6 Å². The first-order valence-electron chi connectivity index (χ1n) is 9.14. The minimum absolute atomic E-state index is 0.232. The van der Waals surface area contributed by atoms with Crippen LogP contribution in [0, 0.1) is 0 Å². The molecule has 0 aromatic carbocycles. The van der Waals surface area contributed by atoms with E-state index >= 15 is 0 Å². The van der Waals surface area contributed by atoms with Crippen LogP contribution in [0.3, 0.4) is 0 Å². The lowest BCUT2D eigenvalue weighted by molar-refractivity contribution is -0.121. The van der Waals surface area contributed by atoms with Crippen LogP contribution in [0.1, 0.15) is 96.8 Å². The van der Waals surface area contributed by atoms with Gasteiger partial charge in [0.2, 0.25) is 5.91 Å². The standard InChI is InChI=1S/C18H36ClNO/c1-2-3-4-5-6-7-8-9-12-15-18(21)20-17-14-11-10-13-16-19/h2-17H2,1H3,(H,20,21). The average Bonchev–Trinajstić information content (AvgIpc) is 2.49. The third-order valence-electron chi connectivity index (χ3n) is 3.89. The van der Waals surface area contributed by atoms with Crippen LogP contribution in [0.2, 0.25) is 0 Å². The zero-order valence-electron chi connectivity index (χ0n) is 14.1. The van der Waals surface area contributed by atoms with Crippen molar-refractivity contribution in [3.8, 4) is 0 Å². The molecule has 0 aromatic heterocycles. The number of nitrogens with one attached hydrogen (secondary N) is 1. The van der Waals surface area contributed by atoms with E-state index in [1.807, 2.05) is 0 Å². The lowest BCUT2D eigenvalue weighted by Crippen LogP contribution is -2.23. The van der Waals surface area contributed by atoms with Gasteiger partial charge in [-0.1, -0.05) is 71.1 Å². The van der Waals surface area contributed by atoms with Gasteiger partial charge in [-0.25, -0.2) is 0 Å². The van der Waals surface area contributed by atoms with E-state index in [1.165, 1.54) is 64.2 Å². The summed E-state index contributed by atoms with van der Waals surface area (Å²) in [5, 5.41) is 3.01. The largest absolute Gasteiger partial charge is 0.356 e. The van der Waals surface area contributed by atoms with Crippen molar-refractivity contribution in [1.82, 2.24) is 5.32 Å².